The number of aromatic nitrogens is 2. The van der Waals surface area contributed by atoms with E-state index in [-0.39, 0.29) is 17.3 Å². The van der Waals surface area contributed by atoms with E-state index in [0.29, 0.717) is 17.5 Å². The number of alkyl halides is 3. The first kappa shape index (κ1) is 21.1. The summed E-state index contributed by atoms with van der Waals surface area (Å²) < 4.78 is 40.8. The number of nitrogens with zero attached hydrogens (tertiary/aromatic N) is 1. The van der Waals surface area contributed by atoms with Crippen LogP contribution in [-0.4, -0.2) is 22.2 Å². The maximum atomic E-state index is 12.7. The van der Waals surface area contributed by atoms with Crippen molar-refractivity contribution in [3.05, 3.63) is 82.3 Å². The maximum Gasteiger partial charge on any atom is 0.573 e. The highest BCUT2D eigenvalue weighted by atomic mass is 19.4. The number of benzene rings is 2. The van der Waals surface area contributed by atoms with Gasteiger partial charge in [-0.15, -0.1) is 13.2 Å². The Balaban J connectivity index is 1.79. The molecule has 0 fully saturated rings. The zero-order chi connectivity index (χ0) is 21.7. The number of halogens is 3. The highest BCUT2D eigenvalue weighted by Gasteiger charge is 2.31. The molecule has 6 nitrogen and oxygen atoms in total. The summed E-state index contributed by atoms with van der Waals surface area (Å²) >= 11 is 0. The van der Waals surface area contributed by atoms with Gasteiger partial charge in [0.15, 0.2) is 0 Å². The van der Waals surface area contributed by atoms with Crippen molar-refractivity contribution in [2.24, 2.45) is 0 Å². The molecule has 156 valence electrons. The number of ether oxygens (including phenoxy) is 1. The van der Waals surface area contributed by atoms with Crippen LogP contribution in [-0.2, 0) is 0 Å². The first-order valence-corrected chi connectivity index (χ1v) is 9.08. The molecule has 2 N–H and O–H groups in total. The van der Waals surface area contributed by atoms with Crippen molar-refractivity contribution in [2.75, 3.05) is 0 Å². The molecular formula is C21H18F3N3O3. The van der Waals surface area contributed by atoms with Gasteiger partial charge in [0.05, 0.1) is 6.04 Å². The van der Waals surface area contributed by atoms with E-state index < -0.39 is 23.9 Å². The molecule has 0 aliphatic carbocycles. The number of aromatic amines is 1. The van der Waals surface area contributed by atoms with E-state index in [0.717, 1.165) is 6.07 Å². The molecule has 0 bridgehead atoms. The van der Waals surface area contributed by atoms with Crippen LogP contribution in [0.4, 0.5) is 13.2 Å². The molecule has 1 heterocycles. The topological polar surface area (TPSA) is 84.1 Å². The largest absolute Gasteiger partial charge is 0.573 e. The quantitative estimate of drug-likeness (QED) is 0.629. The van der Waals surface area contributed by atoms with Crippen LogP contribution in [0, 0.1) is 0 Å². The number of H-pyrrole nitrogens is 1. The van der Waals surface area contributed by atoms with Gasteiger partial charge in [-0.05, 0) is 24.1 Å². The van der Waals surface area contributed by atoms with Gasteiger partial charge in [0.1, 0.15) is 17.3 Å². The van der Waals surface area contributed by atoms with Crippen LogP contribution in [0.25, 0.3) is 11.4 Å². The molecule has 0 radical (unpaired) electrons. The predicted octanol–water partition coefficient (Wildman–Crippen LogP) is 4.22. The number of rotatable bonds is 6. The minimum Gasteiger partial charge on any atom is -0.406 e. The Hall–Kier alpha value is -3.62. The molecule has 1 aromatic heterocycles. The molecule has 0 aliphatic rings. The molecule has 3 rings (SSSR count). The lowest BCUT2D eigenvalue weighted by Gasteiger charge is -2.18. The fourth-order valence-corrected chi connectivity index (χ4v) is 2.86. The van der Waals surface area contributed by atoms with Crippen LogP contribution < -0.4 is 15.6 Å². The lowest BCUT2D eigenvalue weighted by molar-refractivity contribution is -0.274. The van der Waals surface area contributed by atoms with Gasteiger partial charge in [0.2, 0.25) is 0 Å². The van der Waals surface area contributed by atoms with Gasteiger partial charge < -0.3 is 15.0 Å². The number of carbonyl (C=O) groups excluding carboxylic acids is 1. The van der Waals surface area contributed by atoms with Crippen molar-refractivity contribution < 1.29 is 22.7 Å². The third-order valence-corrected chi connectivity index (χ3v) is 4.25. The Morgan fingerprint density at radius 3 is 2.40 bits per heavy atom. The second-order valence-corrected chi connectivity index (χ2v) is 6.40. The molecule has 30 heavy (non-hydrogen) atoms. The van der Waals surface area contributed by atoms with E-state index in [1.165, 1.54) is 24.3 Å². The summed E-state index contributed by atoms with van der Waals surface area (Å²) in [7, 11) is 0. The molecule has 1 atom stereocenters. The third kappa shape index (κ3) is 5.47. The monoisotopic (exact) mass is 417 g/mol. The van der Waals surface area contributed by atoms with E-state index in [1.54, 1.807) is 24.3 Å². The molecule has 3 aromatic rings. The molecular weight excluding hydrogens is 399 g/mol. The molecule has 1 amide bonds. The normalized spacial score (nSPS) is 12.3. The Bertz CT molecular complexity index is 1060. The van der Waals surface area contributed by atoms with Gasteiger partial charge in [-0.2, -0.15) is 0 Å². The van der Waals surface area contributed by atoms with Gasteiger partial charge in [-0.3, -0.25) is 9.59 Å². The van der Waals surface area contributed by atoms with Crippen LogP contribution in [0.3, 0.4) is 0 Å². The van der Waals surface area contributed by atoms with E-state index in [2.05, 4.69) is 20.0 Å². The average Bonchev–Trinajstić information content (AvgIpc) is 2.71. The predicted molar refractivity (Wildman–Crippen MR) is 104 cm³/mol. The second-order valence-electron chi connectivity index (χ2n) is 6.40. The summed E-state index contributed by atoms with van der Waals surface area (Å²) in [4.78, 5) is 31.5. The lowest BCUT2D eigenvalue weighted by atomic mass is 10.0. The highest BCUT2D eigenvalue weighted by Crippen LogP contribution is 2.25. The summed E-state index contributed by atoms with van der Waals surface area (Å²) in [5, 5.41) is 2.76. The van der Waals surface area contributed by atoms with Crippen molar-refractivity contribution in [2.45, 2.75) is 25.7 Å². The van der Waals surface area contributed by atoms with Crippen molar-refractivity contribution in [1.82, 2.24) is 15.3 Å². The number of hydrogen-bond acceptors (Lipinski definition) is 4. The molecule has 0 aliphatic heterocycles. The van der Waals surface area contributed by atoms with Crippen molar-refractivity contribution >= 4 is 5.91 Å². The average molecular weight is 417 g/mol. The summed E-state index contributed by atoms with van der Waals surface area (Å²) in [5.41, 5.74) is 0.703. The number of amides is 1. The molecule has 0 saturated carbocycles. The fourth-order valence-electron chi connectivity index (χ4n) is 2.86. The van der Waals surface area contributed by atoms with Crippen LogP contribution in [0.15, 0.2) is 65.5 Å². The van der Waals surface area contributed by atoms with E-state index in [9.17, 15) is 22.8 Å². The van der Waals surface area contributed by atoms with Gasteiger partial charge >= 0.3 is 6.36 Å². The third-order valence-electron chi connectivity index (χ3n) is 4.25. The summed E-state index contributed by atoms with van der Waals surface area (Å²) in [6.07, 6.45) is -4.30. The van der Waals surface area contributed by atoms with Crippen LogP contribution in [0.1, 0.15) is 35.4 Å². The van der Waals surface area contributed by atoms with Crippen LogP contribution in [0.2, 0.25) is 0 Å². The lowest BCUT2D eigenvalue weighted by Crippen LogP contribution is -2.30. The summed E-state index contributed by atoms with van der Waals surface area (Å²) in [6.45, 7) is 1.81. The van der Waals surface area contributed by atoms with E-state index in [1.807, 2.05) is 13.0 Å². The fraction of sp³-hybridized carbons (Fsp3) is 0.190. The Morgan fingerprint density at radius 1 is 1.13 bits per heavy atom. The molecule has 9 heteroatoms. The van der Waals surface area contributed by atoms with Crippen LogP contribution in [0.5, 0.6) is 5.75 Å². The first-order chi connectivity index (χ1) is 14.2. The Kier molecular flexibility index (Phi) is 6.20. The summed E-state index contributed by atoms with van der Waals surface area (Å²) in [6, 6.07) is 14.7. The molecule has 0 spiro atoms. The first-order valence-electron chi connectivity index (χ1n) is 9.08. The zero-order valence-electron chi connectivity index (χ0n) is 15.9. The van der Waals surface area contributed by atoms with Gasteiger partial charge in [-0.1, -0.05) is 49.4 Å². The van der Waals surface area contributed by atoms with Crippen molar-refractivity contribution in [3.8, 4) is 17.1 Å². The Morgan fingerprint density at radius 2 is 1.80 bits per heavy atom. The molecule has 0 saturated heterocycles. The van der Waals surface area contributed by atoms with Gasteiger partial charge in [0.25, 0.3) is 11.5 Å². The Labute approximate surface area is 169 Å². The minimum atomic E-state index is -4.78. The second kappa shape index (κ2) is 8.81. The number of hydrogen-bond donors (Lipinski definition) is 2. The molecule has 2 aromatic carbocycles. The number of nitrogens with one attached hydrogen (secondary N) is 2. The maximum absolute atomic E-state index is 12.7. The van der Waals surface area contributed by atoms with Gasteiger partial charge in [0, 0.05) is 11.6 Å². The van der Waals surface area contributed by atoms with Gasteiger partial charge in [-0.25, -0.2) is 4.98 Å². The van der Waals surface area contributed by atoms with E-state index in [4.69, 9.17) is 0 Å². The highest BCUT2D eigenvalue weighted by molar-refractivity contribution is 5.92. The number of carbonyl (C=O) groups is 1. The summed E-state index contributed by atoms with van der Waals surface area (Å²) in [5.74, 6) is -0.660. The van der Waals surface area contributed by atoms with Crippen molar-refractivity contribution in [1.29, 1.82) is 0 Å². The SMILES string of the molecule is CCC(NC(=O)c1cc(=O)[nH]c(-c2ccccc2)n1)c1ccc(OC(F)(F)F)cc1. The van der Waals surface area contributed by atoms with Crippen LogP contribution >= 0.6 is 0 Å². The smallest absolute Gasteiger partial charge is 0.406 e. The molecule has 1 unspecified atom stereocenters. The van der Waals surface area contributed by atoms with Crippen molar-refractivity contribution in [3.63, 3.8) is 0 Å². The zero-order valence-corrected chi connectivity index (χ0v) is 15.9. The standard InChI is InChI=1S/C21H18F3N3O3/c1-2-16(13-8-10-15(11-9-13)30-21(22,23)24)26-20(29)17-12-18(28)27-19(25-17)14-6-4-3-5-7-14/h3-12,16H,2H2,1H3,(H,26,29)(H,25,27,28). The van der Waals surface area contributed by atoms with E-state index >= 15 is 0 Å². The minimum absolute atomic E-state index is 0.0620.